The van der Waals surface area contributed by atoms with Crippen molar-refractivity contribution in [3.63, 3.8) is 0 Å². The van der Waals surface area contributed by atoms with E-state index in [1.165, 1.54) is 49.4 Å². The Balaban J connectivity index is 1.69. The van der Waals surface area contributed by atoms with Gasteiger partial charge < -0.3 is 4.74 Å². The Kier molecular flexibility index (Phi) is 4.79. The highest BCUT2D eigenvalue weighted by molar-refractivity contribution is 5.73. The summed E-state index contributed by atoms with van der Waals surface area (Å²) in [6, 6.07) is 2.82. The van der Waals surface area contributed by atoms with Gasteiger partial charge in [0.1, 0.15) is 11.1 Å². The van der Waals surface area contributed by atoms with Crippen molar-refractivity contribution in [1.29, 1.82) is 0 Å². The van der Waals surface area contributed by atoms with Gasteiger partial charge >= 0.3 is 12.2 Å². The van der Waals surface area contributed by atoms with E-state index in [4.69, 9.17) is 4.74 Å². The lowest BCUT2D eigenvalue weighted by Crippen LogP contribution is -2.20. The monoisotopic (exact) mass is 433 g/mol. The molecule has 9 nitrogen and oxygen atoms in total. The molecule has 0 aliphatic carbocycles. The van der Waals surface area contributed by atoms with Gasteiger partial charge in [0.05, 0.1) is 23.7 Å². The lowest BCUT2D eigenvalue weighted by atomic mass is 10.1. The van der Waals surface area contributed by atoms with Crippen molar-refractivity contribution in [1.82, 2.24) is 34.1 Å². The zero-order chi connectivity index (χ0) is 22.5. The molecule has 4 rings (SSSR count). The lowest BCUT2D eigenvalue weighted by molar-refractivity contribution is -0.141. The van der Waals surface area contributed by atoms with Gasteiger partial charge in [-0.25, -0.2) is 4.68 Å². The zero-order valence-electron chi connectivity index (χ0n) is 17.0. The fourth-order valence-corrected chi connectivity index (χ4v) is 3.11. The number of alkyl halides is 3. The van der Waals surface area contributed by atoms with E-state index >= 15 is 0 Å². The number of rotatable bonds is 4. The molecule has 0 aliphatic rings. The molecule has 0 spiro atoms. The van der Waals surface area contributed by atoms with Gasteiger partial charge in [0, 0.05) is 26.3 Å². The number of hydrogen-bond donors (Lipinski definition) is 0. The molecule has 4 aromatic heterocycles. The molecule has 0 radical (unpaired) electrons. The molecule has 0 aromatic carbocycles. The van der Waals surface area contributed by atoms with Crippen LogP contribution in [0.5, 0.6) is 11.8 Å². The van der Waals surface area contributed by atoms with E-state index in [0.717, 1.165) is 4.68 Å². The first kappa shape index (κ1) is 20.6. The summed E-state index contributed by atoms with van der Waals surface area (Å²) >= 11 is 0. The number of pyridine rings is 1. The molecule has 0 saturated carbocycles. The highest BCUT2D eigenvalue weighted by atomic mass is 19.4. The predicted molar refractivity (Wildman–Crippen MR) is 105 cm³/mol. The van der Waals surface area contributed by atoms with Gasteiger partial charge in [-0.1, -0.05) is 0 Å². The van der Waals surface area contributed by atoms with E-state index in [1.807, 2.05) is 13.8 Å². The second-order valence-corrected chi connectivity index (χ2v) is 7.22. The molecule has 0 N–H and O–H groups in total. The molecule has 0 bridgehead atoms. The third-order valence-corrected chi connectivity index (χ3v) is 4.60. The summed E-state index contributed by atoms with van der Waals surface area (Å²) in [7, 11) is 2.91. The number of aromatic nitrogens is 7. The van der Waals surface area contributed by atoms with Crippen LogP contribution in [0.3, 0.4) is 0 Å². The number of fused-ring (bicyclic) bond motifs is 1. The average molecular weight is 433 g/mol. The minimum atomic E-state index is -4.61. The van der Waals surface area contributed by atoms with Crippen molar-refractivity contribution < 1.29 is 17.9 Å². The Morgan fingerprint density at radius 2 is 1.87 bits per heavy atom. The van der Waals surface area contributed by atoms with Crippen molar-refractivity contribution in [3.8, 4) is 23.0 Å². The van der Waals surface area contributed by atoms with Gasteiger partial charge in [-0.05, 0) is 26.0 Å². The summed E-state index contributed by atoms with van der Waals surface area (Å²) < 4.78 is 49.2. The molecule has 0 amide bonds. The van der Waals surface area contributed by atoms with Crippen LogP contribution < -0.4 is 10.3 Å². The van der Waals surface area contributed by atoms with E-state index in [1.54, 1.807) is 4.68 Å². The molecule has 4 aromatic rings. The molecule has 0 atom stereocenters. The fourth-order valence-electron chi connectivity index (χ4n) is 3.11. The molecule has 0 fully saturated rings. The summed E-state index contributed by atoms with van der Waals surface area (Å²) in [5, 5.41) is 8.03. The van der Waals surface area contributed by atoms with E-state index < -0.39 is 11.9 Å². The van der Waals surface area contributed by atoms with Crippen LogP contribution in [0.2, 0.25) is 0 Å². The Hall–Kier alpha value is -3.70. The van der Waals surface area contributed by atoms with Gasteiger partial charge in [0.15, 0.2) is 11.3 Å². The molecule has 0 aliphatic heterocycles. The maximum Gasteiger partial charge on any atom is 0.435 e. The van der Waals surface area contributed by atoms with E-state index in [-0.39, 0.29) is 34.6 Å². The average Bonchev–Trinajstić information content (AvgIpc) is 3.30. The number of nitrogens with zero attached hydrogens (tertiary/aromatic N) is 7. The van der Waals surface area contributed by atoms with E-state index in [9.17, 15) is 18.0 Å². The van der Waals surface area contributed by atoms with Crippen LogP contribution in [0.4, 0.5) is 13.2 Å². The van der Waals surface area contributed by atoms with Crippen LogP contribution in [-0.2, 0) is 20.3 Å². The first-order valence-corrected chi connectivity index (χ1v) is 9.25. The molecule has 4 heterocycles. The number of halogens is 3. The second-order valence-electron chi connectivity index (χ2n) is 7.22. The van der Waals surface area contributed by atoms with Gasteiger partial charge in [0.2, 0.25) is 0 Å². The lowest BCUT2D eigenvalue weighted by Gasteiger charge is -2.11. The summed E-state index contributed by atoms with van der Waals surface area (Å²) in [5.74, 6) is 0.207. The second kappa shape index (κ2) is 7.22. The summed E-state index contributed by atoms with van der Waals surface area (Å²) in [6.45, 7) is 3.81. The third-order valence-electron chi connectivity index (χ3n) is 4.60. The Morgan fingerprint density at radius 1 is 1.13 bits per heavy atom. The topological polar surface area (TPSA) is 92.7 Å². The molecular weight excluding hydrogens is 415 g/mol. The molecular formula is C19H18F3N7O2. The molecule has 162 valence electrons. The third kappa shape index (κ3) is 3.64. The highest BCUT2D eigenvalue weighted by Gasteiger charge is 2.37. The highest BCUT2D eigenvalue weighted by Crippen LogP contribution is 2.35. The molecule has 0 saturated heterocycles. The quantitative estimate of drug-likeness (QED) is 0.490. The molecule has 12 heteroatoms. The van der Waals surface area contributed by atoms with E-state index in [0.29, 0.717) is 11.0 Å². The fraction of sp³-hybridized carbons (Fsp3) is 0.316. The minimum absolute atomic E-state index is 0.00630. The summed E-state index contributed by atoms with van der Waals surface area (Å²) in [6.07, 6.45) is -0.641. The van der Waals surface area contributed by atoms with Crippen LogP contribution >= 0.6 is 0 Å². The SMILES string of the molecule is CC(C)n1ncc2c(=O)n(C)c(Oc3ccc(-c4cn(C)nc4C(F)(F)F)nc3)nc21. The summed E-state index contributed by atoms with van der Waals surface area (Å²) in [5.41, 5.74) is -1.03. The van der Waals surface area contributed by atoms with Crippen LogP contribution in [0, 0.1) is 0 Å². The first-order valence-electron chi connectivity index (χ1n) is 9.25. The van der Waals surface area contributed by atoms with E-state index in [2.05, 4.69) is 20.2 Å². The summed E-state index contributed by atoms with van der Waals surface area (Å²) in [4.78, 5) is 21.1. The minimum Gasteiger partial charge on any atom is -0.424 e. The Labute approximate surface area is 173 Å². The maximum atomic E-state index is 13.2. The van der Waals surface area contributed by atoms with Crippen LogP contribution in [0.25, 0.3) is 22.3 Å². The molecule has 31 heavy (non-hydrogen) atoms. The smallest absolute Gasteiger partial charge is 0.424 e. The normalized spacial score (nSPS) is 12.1. The standard InChI is InChI=1S/C19H18F3N7O2/c1-10(2)29-16-12(8-24-29)17(30)28(4)18(25-16)31-11-5-6-14(23-7-11)13-9-27(3)26-15(13)19(20,21)22/h5-10H,1-4H3. The number of aryl methyl sites for hydroxylation is 1. The van der Waals surface area contributed by atoms with Gasteiger partial charge in [-0.3, -0.25) is 19.0 Å². The Bertz CT molecular complexity index is 1320. The predicted octanol–water partition coefficient (Wildman–Crippen LogP) is 3.32. The van der Waals surface area contributed by atoms with Crippen molar-refractivity contribution in [2.45, 2.75) is 26.1 Å². The van der Waals surface area contributed by atoms with Crippen LogP contribution in [0.1, 0.15) is 25.6 Å². The first-order chi connectivity index (χ1) is 14.6. The number of ether oxygens (including phenoxy) is 1. The van der Waals surface area contributed by atoms with Crippen molar-refractivity contribution >= 4 is 11.0 Å². The maximum absolute atomic E-state index is 13.2. The van der Waals surface area contributed by atoms with Gasteiger partial charge in [-0.2, -0.15) is 28.4 Å². The Morgan fingerprint density at radius 3 is 2.48 bits per heavy atom. The van der Waals surface area contributed by atoms with Gasteiger partial charge in [0.25, 0.3) is 5.56 Å². The molecule has 0 unspecified atom stereocenters. The van der Waals surface area contributed by atoms with Crippen molar-refractivity contribution in [2.24, 2.45) is 14.1 Å². The van der Waals surface area contributed by atoms with Crippen LogP contribution in [-0.4, -0.2) is 34.1 Å². The van der Waals surface area contributed by atoms with Gasteiger partial charge in [-0.15, -0.1) is 0 Å². The van der Waals surface area contributed by atoms with Crippen molar-refractivity contribution in [3.05, 3.63) is 46.8 Å². The number of hydrogen-bond acceptors (Lipinski definition) is 6. The van der Waals surface area contributed by atoms with Crippen LogP contribution in [0.15, 0.2) is 35.5 Å². The van der Waals surface area contributed by atoms with Crippen molar-refractivity contribution in [2.75, 3.05) is 0 Å². The zero-order valence-corrected chi connectivity index (χ0v) is 17.0. The largest absolute Gasteiger partial charge is 0.435 e.